The van der Waals surface area contributed by atoms with Crippen molar-refractivity contribution in [2.75, 3.05) is 13.2 Å². The van der Waals surface area contributed by atoms with Crippen molar-refractivity contribution in [3.8, 4) is 0 Å². The van der Waals surface area contributed by atoms with Crippen molar-refractivity contribution in [3.05, 3.63) is 0 Å². The molecule has 0 bridgehead atoms. The second-order valence-electron chi connectivity index (χ2n) is 4.82. The van der Waals surface area contributed by atoms with Crippen molar-refractivity contribution in [2.45, 2.75) is 38.6 Å². The molecule has 0 saturated heterocycles. The average molecular weight is 243 g/mol. The molecule has 1 fully saturated rings. The monoisotopic (exact) mass is 243 g/mol. The van der Waals surface area contributed by atoms with Crippen LogP contribution in [-0.4, -0.2) is 36.2 Å². The fourth-order valence-electron chi connectivity index (χ4n) is 2.21. The lowest BCUT2D eigenvalue weighted by molar-refractivity contribution is -0.121. The molecule has 1 aliphatic rings. The maximum atomic E-state index is 11.4. The van der Waals surface area contributed by atoms with Crippen LogP contribution in [0.3, 0.4) is 0 Å². The van der Waals surface area contributed by atoms with Crippen LogP contribution in [-0.2, 0) is 4.79 Å². The first-order chi connectivity index (χ1) is 7.99. The molecule has 0 aromatic carbocycles. The Balaban J connectivity index is 2.38. The molecular weight excluding hydrogens is 222 g/mol. The number of hydrogen-bond donors (Lipinski definition) is 4. The molecule has 1 saturated carbocycles. The Bertz CT molecular complexity index is 288. The van der Waals surface area contributed by atoms with Gasteiger partial charge < -0.3 is 16.2 Å². The first-order valence-electron chi connectivity index (χ1n) is 5.94. The Morgan fingerprint density at radius 3 is 2.47 bits per heavy atom. The summed E-state index contributed by atoms with van der Waals surface area (Å²) in [5.74, 6) is -0.441. The van der Waals surface area contributed by atoms with Crippen LogP contribution in [0, 0.1) is 5.41 Å². The average Bonchev–Trinajstić information content (AvgIpc) is 2.74. The lowest BCUT2D eigenvalue weighted by atomic mass is 9.87. The number of carbonyl (C=O) groups is 2. The highest BCUT2D eigenvalue weighted by Gasteiger charge is 2.33. The number of hydrogen-bond acceptors (Lipinski definition) is 4. The normalized spacial score (nSPS) is 19.9. The molecule has 1 unspecified atom stereocenters. The van der Waals surface area contributed by atoms with Gasteiger partial charge in [-0.1, -0.05) is 12.8 Å². The SMILES string of the molecule is CC(NCC1(CO)CCCC1)C(=O)NC(N)=O. The first kappa shape index (κ1) is 13.9. The zero-order chi connectivity index (χ0) is 12.9. The third-order valence-corrected chi connectivity index (χ3v) is 3.42. The van der Waals surface area contributed by atoms with E-state index in [0.717, 1.165) is 25.7 Å². The third kappa shape index (κ3) is 3.98. The molecule has 0 spiro atoms. The number of nitrogens with two attached hydrogens (primary N) is 1. The summed E-state index contributed by atoms with van der Waals surface area (Å²) in [5.41, 5.74) is 4.75. The van der Waals surface area contributed by atoms with Crippen LogP contribution in [0.1, 0.15) is 32.6 Å². The maximum absolute atomic E-state index is 11.4. The standard InChI is InChI=1S/C11H21N3O3/c1-8(9(16)14-10(12)17)13-6-11(7-15)4-2-3-5-11/h8,13,15H,2-7H2,1H3,(H3,12,14,16,17). The van der Waals surface area contributed by atoms with Crippen LogP contribution in [0.2, 0.25) is 0 Å². The predicted molar refractivity (Wildman–Crippen MR) is 63.2 cm³/mol. The highest BCUT2D eigenvalue weighted by atomic mass is 16.3. The van der Waals surface area contributed by atoms with E-state index in [4.69, 9.17) is 5.73 Å². The van der Waals surface area contributed by atoms with Gasteiger partial charge in [0.15, 0.2) is 0 Å². The molecule has 0 aromatic heterocycles. The highest BCUT2D eigenvalue weighted by Crippen LogP contribution is 2.36. The Morgan fingerprint density at radius 1 is 1.41 bits per heavy atom. The minimum atomic E-state index is -0.846. The smallest absolute Gasteiger partial charge is 0.318 e. The third-order valence-electron chi connectivity index (χ3n) is 3.42. The van der Waals surface area contributed by atoms with E-state index < -0.39 is 18.0 Å². The summed E-state index contributed by atoms with van der Waals surface area (Å²) < 4.78 is 0. The van der Waals surface area contributed by atoms with Crippen LogP contribution in [0.4, 0.5) is 4.79 Å². The molecule has 6 nitrogen and oxygen atoms in total. The second kappa shape index (κ2) is 5.97. The number of aliphatic hydroxyl groups excluding tert-OH is 1. The minimum absolute atomic E-state index is 0.110. The summed E-state index contributed by atoms with van der Waals surface area (Å²) in [7, 11) is 0. The van der Waals surface area contributed by atoms with Gasteiger partial charge in [0.25, 0.3) is 0 Å². The zero-order valence-corrected chi connectivity index (χ0v) is 10.2. The van der Waals surface area contributed by atoms with E-state index in [-0.39, 0.29) is 12.0 Å². The van der Waals surface area contributed by atoms with Crippen LogP contribution in [0.25, 0.3) is 0 Å². The molecule has 0 heterocycles. The van der Waals surface area contributed by atoms with Gasteiger partial charge in [-0.25, -0.2) is 4.79 Å². The van der Waals surface area contributed by atoms with Crippen molar-refractivity contribution in [1.29, 1.82) is 0 Å². The summed E-state index contributed by atoms with van der Waals surface area (Å²) in [6.45, 7) is 2.37. The molecule has 5 N–H and O–H groups in total. The minimum Gasteiger partial charge on any atom is -0.396 e. The summed E-state index contributed by atoms with van der Waals surface area (Å²) in [4.78, 5) is 21.9. The van der Waals surface area contributed by atoms with E-state index in [1.165, 1.54) is 0 Å². The van der Waals surface area contributed by atoms with Crippen molar-refractivity contribution in [1.82, 2.24) is 10.6 Å². The first-order valence-corrected chi connectivity index (χ1v) is 5.94. The van der Waals surface area contributed by atoms with Crippen molar-refractivity contribution in [3.63, 3.8) is 0 Å². The molecule has 17 heavy (non-hydrogen) atoms. The van der Waals surface area contributed by atoms with Gasteiger partial charge in [-0.2, -0.15) is 0 Å². The molecule has 6 heteroatoms. The quantitative estimate of drug-likeness (QED) is 0.532. The number of aliphatic hydroxyl groups is 1. The van der Waals surface area contributed by atoms with Crippen molar-refractivity contribution < 1.29 is 14.7 Å². The largest absolute Gasteiger partial charge is 0.396 e. The molecule has 3 amide bonds. The van der Waals surface area contributed by atoms with Gasteiger partial charge in [0.1, 0.15) is 0 Å². The van der Waals surface area contributed by atoms with Gasteiger partial charge in [-0.05, 0) is 19.8 Å². The van der Waals surface area contributed by atoms with Gasteiger partial charge in [0, 0.05) is 18.6 Å². The summed E-state index contributed by atoms with van der Waals surface area (Å²) in [6, 6.07) is -1.34. The van der Waals surface area contributed by atoms with Gasteiger partial charge in [0.2, 0.25) is 5.91 Å². The molecular formula is C11H21N3O3. The molecule has 1 rings (SSSR count). The highest BCUT2D eigenvalue weighted by molar-refractivity contribution is 5.96. The number of rotatable bonds is 5. The van der Waals surface area contributed by atoms with Gasteiger partial charge in [-0.3, -0.25) is 10.1 Å². The Labute approximate surface area is 101 Å². The topological polar surface area (TPSA) is 104 Å². The molecule has 98 valence electrons. The molecule has 1 atom stereocenters. The van der Waals surface area contributed by atoms with Crippen LogP contribution < -0.4 is 16.4 Å². The number of carbonyl (C=O) groups excluding carboxylic acids is 2. The van der Waals surface area contributed by atoms with Gasteiger partial charge in [-0.15, -0.1) is 0 Å². The lowest BCUT2D eigenvalue weighted by Crippen LogP contribution is -2.49. The van der Waals surface area contributed by atoms with E-state index in [0.29, 0.717) is 6.54 Å². The summed E-state index contributed by atoms with van der Waals surface area (Å²) in [5, 5.41) is 14.5. The number of imide groups is 1. The lowest BCUT2D eigenvalue weighted by Gasteiger charge is -2.28. The Kier molecular flexibility index (Phi) is 4.89. The maximum Gasteiger partial charge on any atom is 0.318 e. The van der Waals surface area contributed by atoms with Crippen molar-refractivity contribution >= 4 is 11.9 Å². The van der Waals surface area contributed by atoms with E-state index >= 15 is 0 Å². The number of nitrogens with one attached hydrogen (secondary N) is 2. The van der Waals surface area contributed by atoms with Crippen molar-refractivity contribution in [2.24, 2.45) is 11.1 Å². The number of amides is 3. The summed E-state index contributed by atoms with van der Waals surface area (Å²) >= 11 is 0. The fourth-order valence-corrected chi connectivity index (χ4v) is 2.21. The van der Waals surface area contributed by atoms with E-state index in [9.17, 15) is 14.7 Å². The molecule has 0 radical (unpaired) electrons. The second-order valence-corrected chi connectivity index (χ2v) is 4.82. The predicted octanol–water partition coefficient (Wildman–Crippen LogP) is -0.288. The van der Waals surface area contributed by atoms with Crippen LogP contribution in [0.5, 0.6) is 0 Å². The van der Waals surface area contributed by atoms with E-state index in [1.807, 2.05) is 5.32 Å². The molecule has 1 aliphatic carbocycles. The van der Waals surface area contributed by atoms with Crippen LogP contribution in [0.15, 0.2) is 0 Å². The van der Waals surface area contributed by atoms with Crippen LogP contribution >= 0.6 is 0 Å². The number of urea groups is 1. The Morgan fingerprint density at radius 2 is 2.00 bits per heavy atom. The van der Waals surface area contributed by atoms with Gasteiger partial charge in [0.05, 0.1) is 6.04 Å². The fraction of sp³-hybridized carbons (Fsp3) is 0.818. The summed E-state index contributed by atoms with van der Waals surface area (Å²) in [6.07, 6.45) is 4.18. The number of primary amides is 1. The molecule has 0 aliphatic heterocycles. The molecule has 0 aromatic rings. The van der Waals surface area contributed by atoms with E-state index in [2.05, 4.69) is 5.32 Å². The van der Waals surface area contributed by atoms with E-state index in [1.54, 1.807) is 6.92 Å². The Hall–Kier alpha value is -1.14. The van der Waals surface area contributed by atoms with Gasteiger partial charge >= 0.3 is 6.03 Å². The zero-order valence-electron chi connectivity index (χ0n) is 10.2.